The molecule has 0 atom stereocenters. The van der Waals surface area contributed by atoms with Gasteiger partial charge in [0.15, 0.2) is 5.65 Å². The van der Waals surface area contributed by atoms with E-state index in [0.717, 1.165) is 56.4 Å². The van der Waals surface area contributed by atoms with Crippen LogP contribution < -0.4 is 4.90 Å². The molecule has 0 N–H and O–H groups in total. The van der Waals surface area contributed by atoms with Crippen LogP contribution in [0.4, 0.5) is 17.1 Å². The molecule has 0 saturated heterocycles. The number of pyridine rings is 1. The van der Waals surface area contributed by atoms with Gasteiger partial charge in [0.2, 0.25) is 0 Å². The molecule has 0 aliphatic rings. The highest BCUT2D eigenvalue weighted by Crippen LogP contribution is 2.44. The van der Waals surface area contributed by atoms with Crippen molar-refractivity contribution in [3.8, 4) is 16.8 Å². The summed E-state index contributed by atoms with van der Waals surface area (Å²) >= 11 is 0. The van der Waals surface area contributed by atoms with E-state index in [1.165, 1.54) is 32.3 Å². The van der Waals surface area contributed by atoms with Gasteiger partial charge in [-0.3, -0.25) is 4.57 Å². The molecular formula is C48H32N4. The molecule has 0 spiro atoms. The summed E-state index contributed by atoms with van der Waals surface area (Å²) in [5, 5.41) is 7.62. The first-order chi connectivity index (χ1) is 25.8. The third kappa shape index (κ3) is 5.00. The summed E-state index contributed by atoms with van der Waals surface area (Å²) in [5.74, 6) is 0.820. The minimum atomic E-state index is 0.820. The van der Waals surface area contributed by atoms with Crippen molar-refractivity contribution in [3.05, 3.63) is 194 Å². The predicted molar refractivity (Wildman–Crippen MR) is 218 cm³/mol. The molecule has 0 radical (unpaired) electrons. The van der Waals surface area contributed by atoms with Crippen molar-refractivity contribution in [1.82, 2.24) is 14.5 Å². The maximum atomic E-state index is 5.04. The molecule has 2 heterocycles. The minimum absolute atomic E-state index is 0.820. The third-order valence-electron chi connectivity index (χ3n) is 9.99. The molecule has 52 heavy (non-hydrogen) atoms. The fourth-order valence-electron chi connectivity index (χ4n) is 7.65. The predicted octanol–water partition coefficient (Wildman–Crippen LogP) is 12.6. The number of imidazole rings is 1. The zero-order chi connectivity index (χ0) is 34.4. The highest BCUT2D eigenvalue weighted by atomic mass is 15.1. The average Bonchev–Trinajstić information content (AvgIpc) is 3.59. The standard InChI is InChI=1S/C48H32N4/c1-3-12-34(13-4-1)40-19-7-8-22-43(40)52-45(50-42-21-11-31-49-48(42)52)30-25-33-23-28-39(29-24-33)51(38-17-5-2-6-18-38)44-32-37-16-9-14-35-26-27-36-15-10-20-41(44)47(36)46(35)37/h1-32H. The third-order valence-corrected chi connectivity index (χ3v) is 9.99. The summed E-state index contributed by atoms with van der Waals surface area (Å²) in [4.78, 5) is 12.2. The van der Waals surface area contributed by atoms with E-state index in [4.69, 9.17) is 9.97 Å². The Hall–Kier alpha value is -7.04. The Morgan fingerprint density at radius 2 is 1.21 bits per heavy atom. The van der Waals surface area contributed by atoms with Crippen LogP contribution >= 0.6 is 0 Å². The normalized spacial score (nSPS) is 11.8. The maximum Gasteiger partial charge on any atom is 0.164 e. The van der Waals surface area contributed by atoms with Crippen molar-refractivity contribution in [3.63, 3.8) is 0 Å². The summed E-state index contributed by atoms with van der Waals surface area (Å²) in [7, 11) is 0. The van der Waals surface area contributed by atoms with Crippen molar-refractivity contribution in [1.29, 1.82) is 0 Å². The van der Waals surface area contributed by atoms with Crippen molar-refractivity contribution in [2.24, 2.45) is 0 Å². The monoisotopic (exact) mass is 664 g/mol. The molecule has 0 saturated carbocycles. The van der Waals surface area contributed by atoms with Gasteiger partial charge in [-0.15, -0.1) is 0 Å². The summed E-state index contributed by atoms with van der Waals surface area (Å²) in [6, 6.07) is 62.4. The van der Waals surface area contributed by atoms with E-state index in [0.29, 0.717) is 0 Å². The number of anilines is 3. The Kier molecular flexibility index (Phi) is 7.10. The van der Waals surface area contributed by atoms with Gasteiger partial charge in [-0.1, -0.05) is 133 Å². The lowest BCUT2D eigenvalue weighted by Crippen LogP contribution is -2.10. The molecule has 0 fully saturated rings. The molecule has 0 bridgehead atoms. The lowest BCUT2D eigenvalue weighted by Gasteiger charge is -2.28. The number of fused-ring (bicyclic) bond motifs is 1. The van der Waals surface area contributed by atoms with Crippen LogP contribution in [0.15, 0.2) is 182 Å². The first kappa shape index (κ1) is 29.8. The molecule has 0 amide bonds. The first-order valence-corrected chi connectivity index (χ1v) is 17.6. The number of nitrogens with zero attached hydrogens (tertiary/aromatic N) is 4. The van der Waals surface area contributed by atoms with Gasteiger partial charge in [-0.05, 0) is 92.7 Å². The zero-order valence-electron chi connectivity index (χ0n) is 28.3. The van der Waals surface area contributed by atoms with E-state index in [2.05, 4.69) is 179 Å². The summed E-state index contributed by atoms with van der Waals surface area (Å²) in [6.07, 6.45) is 6.06. The fourth-order valence-corrected chi connectivity index (χ4v) is 7.65. The Balaban J connectivity index is 1.07. The van der Waals surface area contributed by atoms with Gasteiger partial charge in [0.25, 0.3) is 0 Å². The van der Waals surface area contributed by atoms with E-state index >= 15 is 0 Å². The molecular weight excluding hydrogens is 633 g/mol. The van der Waals surface area contributed by atoms with Crippen LogP contribution in [-0.2, 0) is 0 Å². The Bertz CT molecular complexity index is 2890. The van der Waals surface area contributed by atoms with E-state index in [1.54, 1.807) is 0 Å². The van der Waals surface area contributed by atoms with Crippen LogP contribution in [0.25, 0.3) is 72.4 Å². The summed E-state index contributed by atoms with van der Waals surface area (Å²) in [6.45, 7) is 0. The van der Waals surface area contributed by atoms with Gasteiger partial charge < -0.3 is 4.90 Å². The largest absolute Gasteiger partial charge is 0.310 e. The van der Waals surface area contributed by atoms with E-state index in [1.807, 2.05) is 24.4 Å². The molecule has 4 heteroatoms. The zero-order valence-corrected chi connectivity index (χ0v) is 28.3. The number of aromatic nitrogens is 3. The van der Waals surface area contributed by atoms with Gasteiger partial charge in [-0.25, -0.2) is 9.97 Å². The Labute approximate surface area is 301 Å². The van der Waals surface area contributed by atoms with Crippen molar-refractivity contribution < 1.29 is 0 Å². The molecule has 244 valence electrons. The Morgan fingerprint density at radius 3 is 2.04 bits per heavy atom. The number of para-hydroxylation sites is 2. The second-order valence-electron chi connectivity index (χ2n) is 13.1. The van der Waals surface area contributed by atoms with Crippen molar-refractivity contribution in [2.75, 3.05) is 4.90 Å². The van der Waals surface area contributed by atoms with Gasteiger partial charge in [-0.2, -0.15) is 0 Å². The van der Waals surface area contributed by atoms with Gasteiger partial charge >= 0.3 is 0 Å². The van der Waals surface area contributed by atoms with Crippen LogP contribution in [0.5, 0.6) is 0 Å². The van der Waals surface area contributed by atoms with E-state index in [9.17, 15) is 0 Å². The molecule has 4 nitrogen and oxygen atoms in total. The quantitative estimate of drug-likeness (QED) is 0.159. The van der Waals surface area contributed by atoms with E-state index in [-0.39, 0.29) is 0 Å². The fraction of sp³-hybridized carbons (Fsp3) is 0. The van der Waals surface area contributed by atoms with Crippen LogP contribution in [0.3, 0.4) is 0 Å². The minimum Gasteiger partial charge on any atom is -0.310 e. The van der Waals surface area contributed by atoms with E-state index < -0.39 is 0 Å². The molecule has 0 unspecified atom stereocenters. The summed E-state index contributed by atoms with van der Waals surface area (Å²) in [5.41, 5.74) is 9.42. The highest BCUT2D eigenvalue weighted by molar-refractivity contribution is 6.26. The Morgan fingerprint density at radius 1 is 0.519 bits per heavy atom. The van der Waals surface area contributed by atoms with Crippen molar-refractivity contribution >= 4 is 72.7 Å². The molecule has 0 aliphatic carbocycles. The number of hydrogen-bond acceptors (Lipinski definition) is 3. The number of benzene rings is 8. The van der Waals surface area contributed by atoms with Crippen LogP contribution in [0, 0.1) is 0 Å². The maximum absolute atomic E-state index is 5.04. The second kappa shape index (κ2) is 12.4. The molecule has 0 aliphatic heterocycles. The second-order valence-corrected chi connectivity index (χ2v) is 13.1. The first-order valence-electron chi connectivity index (χ1n) is 17.6. The SMILES string of the molecule is C(=Cc1nc2cccnc2n1-c1ccccc1-c1ccccc1)c1ccc(N(c2ccccc2)c2cc3cccc4ccc5cccc2c5c43)cc1. The summed E-state index contributed by atoms with van der Waals surface area (Å²) < 4.78 is 2.16. The number of hydrogen-bond donors (Lipinski definition) is 0. The van der Waals surface area contributed by atoms with Crippen LogP contribution in [0.2, 0.25) is 0 Å². The van der Waals surface area contributed by atoms with Gasteiger partial charge in [0, 0.05) is 28.5 Å². The molecule has 10 rings (SSSR count). The van der Waals surface area contributed by atoms with Crippen molar-refractivity contribution in [2.45, 2.75) is 0 Å². The lowest BCUT2D eigenvalue weighted by molar-refractivity contribution is 1.05. The topological polar surface area (TPSA) is 34.0 Å². The molecule has 8 aromatic carbocycles. The number of rotatable bonds is 7. The highest BCUT2D eigenvalue weighted by Gasteiger charge is 2.19. The van der Waals surface area contributed by atoms with Crippen LogP contribution in [0.1, 0.15) is 11.4 Å². The lowest BCUT2D eigenvalue weighted by atomic mass is 9.92. The molecule has 10 aromatic rings. The average molecular weight is 665 g/mol. The van der Waals surface area contributed by atoms with Crippen LogP contribution in [-0.4, -0.2) is 14.5 Å². The molecule has 2 aromatic heterocycles. The van der Waals surface area contributed by atoms with Gasteiger partial charge in [0.1, 0.15) is 11.3 Å². The van der Waals surface area contributed by atoms with Gasteiger partial charge in [0.05, 0.1) is 11.4 Å². The smallest absolute Gasteiger partial charge is 0.164 e.